The molecule has 0 aliphatic heterocycles. The van der Waals surface area contributed by atoms with Crippen molar-refractivity contribution in [2.24, 2.45) is 0 Å². The first-order chi connectivity index (χ1) is 12.5. The summed E-state index contributed by atoms with van der Waals surface area (Å²) >= 11 is 0. The van der Waals surface area contributed by atoms with E-state index in [4.69, 9.17) is 4.74 Å². The van der Waals surface area contributed by atoms with Gasteiger partial charge in [-0.3, -0.25) is 4.79 Å². The molecule has 0 bridgehead atoms. The highest BCUT2D eigenvalue weighted by molar-refractivity contribution is 5.75. The molecule has 26 heavy (non-hydrogen) atoms. The van der Waals surface area contributed by atoms with Crippen LogP contribution in [0.1, 0.15) is 24.4 Å². The Labute approximate surface area is 152 Å². The van der Waals surface area contributed by atoms with Crippen LogP contribution < -0.4 is 10.1 Å². The quantitative estimate of drug-likeness (QED) is 0.694. The first-order valence-electron chi connectivity index (χ1n) is 8.53. The zero-order valence-electron chi connectivity index (χ0n) is 15.0. The fraction of sp³-hybridized carbons (Fsp3) is 0.350. The van der Waals surface area contributed by atoms with E-state index in [0.29, 0.717) is 13.0 Å². The van der Waals surface area contributed by atoms with Gasteiger partial charge in [-0.2, -0.15) is 0 Å². The number of carbonyl (C=O) groups excluding carboxylic acids is 1. The number of likely N-dealkylation sites (N-methyl/N-ethyl adjacent to an activating group) is 1. The average molecular weight is 362 g/mol. The molecule has 1 atom stereocenters. The van der Waals surface area contributed by atoms with Crippen molar-refractivity contribution in [3.8, 4) is 5.75 Å². The lowest BCUT2D eigenvalue weighted by atomic mass is 10.1. The van der Waals surface area contributed by atoms with E-state index in [-0.39, 0.29) is 36.5 Å². The van der Waals surface area contributed by atoms with E-state index in [1.54, 1.807) is 30.3 Å². The minimum Gasteiger partial charge on any atom is -0.491 e. The number of hydrogen-bond acceptors (Lipinski definition) is 3. The Morgan fingerprint density at radius 1 is 1.12 bits per heavy atom. The number of amides is 1. The third-order valence-electron chi connectivity index (χ3n) is 4.01. The molecular weight excluding hydrogens is 338 g/mol. The topological polar surface area (TPSA) is 41.6 Å². The Morgan fingerprint density at radius 2 is 1.81 bits per heavy atom. The first kappa shape index (κ1) is 19.8. The van der Waals surface area contributed by atoms with Gasteiger partial charge in [-0.15, -0.1) is 0 Å². The summed E-state index contributed by atoms with van der Waals surface area (Å²) in [6, 6.07) is 12.4. The second-order valence-corrected chi connectivity index (χ2v) is 6.22. The van der Waals surface area contributed by atoms with E-state index in [1.807, 2.05) is 19.0 Å². The molecule has 140 valence electrons. The van der Waals surface area contributed by atoms with Gasteiger partial charge in [-0.05, 0) is 50.3 Å². The van der Waals surface area contributed by atoms with Crippen LogP contribution in [-0.2, 0) is 4.79 Å². The maximum absolute atomic E-state index is 13.4. The van der Waals surface area contributed by atoms with Gasteiger partial charge in [0.25, 0.3) is 0 Å². The number of hydrogen-bond donors (Lipinski definition) is 1. The summed E-state index contributed by atoms with van der Waals surface area (Å²) in [4.78, 5) is 14.0. The number of benzene rings is 2. The van der Waals surface area contributed by atoms with E-state index >= 15 is 0 Å². The van der Waals surface area contributed by atoms with Gasteiger partial charge in [0, 0.05) is 13.0 Å². The lowest BCUT2D eigenvalue weighted by molar-refractivity contribution is -0.121. The highest BCUT2D eigenvalue weighted by Gasteiger charge is 2.15. The average Bonchev–Trinajstić information content (AvgIpc) is 2.61. The largest absolute Gasteiger partial charge is 0.491 e. The summed E-state index contributed by atoms with van der Waals surface area (Å²) in [7, 11) is 3.81. The highest BCUT2D eigenvalue weighted by atomic mass is 19.1. The Morgan fingerprint density at radius 3 is 2.46 bits per heavy atom. The third kappa shape index (κ3) is 6.11. The normalized spacial score (nSPS) is 12.0. The Hall–Kier alpha value is -2.47. The van der Waals surface area contributed by atoms with Gasteiger partial charge in [-0.1, -0.05) is 24.3 Å². The second-order valence-electron chi connectivity index (χ2n) is 6.22. The number of carbonyl (C=O) groups is 1. The van der Waals surface area contributed by atoms with Gasteiger partial charge in [0.05, 0.1) is 12.6 Å². The molecule has 2 aromatic carbocycles. The summed E-state index contributed by atoms with van der Waals surface area (Å²) in [5.41, 5.74) is 0.930. The van der Waals surface area contributed by atoms with Crippen molar-refractivity contribution in [3.05, 3.63) is 65.7 Å². The maximum atomic E-state index is 13.4. The summed E-state index contributed by atoms with van der Waals surface area (Å²) in [6.45, 7) is 0.690. The molecule has 0 radical (unpaired) electrons. The fourth-order valence-electron chi connectivity index (χ4n) is 2.56. The van der Waals surface area contributed by atoms with Crippen LogP contribution in [0.5, 0.6) is 5.75 Å². The van der Waals surface area contributed by atoms with Crippen molar-refractivity contribution in [3.63, 3.8) is 0 Å². The van der Waals surface area contributed by atoms with Gasteiger partial charge >= 0.3 is 0 Å². The molecule has 6 heteroatoms. The van der Waals surface area contributed by atoms with Crippen LogP contribution in [0, 0.1) is 11.6 Å². The molecule has 1 N–H and O–H groups in total. The van der Waals surface area contributed by atoms with E-state index in [1.165, 1.54) is 18.2 Å². The molecule has 0 saturated carbocycles. The van der Waals surface area contributed by atoms with E-state index < -0.39 is 5.82 Å². The Balaban J connectivity index is 1.74. The molecule has 2 rings (SSSR count). The maximum Gasteiger partial charge on any atom is 0.220 e. The predicted octanol–water partition coefficient (Wildman–Crippen LogP) is 3.54. The van der Waals surface area contributed by atoms with Crippen molar-refractivity contribution in [1.82, 2.24) is 10.2 Å². The molecule has 4 nitrogen and oxygen atoms in total. The molecule has 2 aromatic rings. The molecule has 0 spiro atoms. The minimum absolute atomic E-state index is 0.0470. The number of rotatable bonds is 9. The van der Waals surface area contributed by atoms with Crippen LogP contribution in [0.25, 0.3) is 0 Å². The van der Waals surface area contributed by atoms with E-state index in [9.17, 15) is 13.6 Å². The summed E-state index contributed by atoms with van der Waals surface area (Å²) in [5, 5.41) is 2.88. The summed E-state index contributed by atoms with van der Waals surface area (Å²) < 4.78 is 31.8. The molecule has 1 amide bonds. The van der Waals surface area contributed by atoms with Crippen molar-refractivity contribution < 1.29 is 18.3 Å². The lowest BCUT2D eigenvalue weighted by Crippen LogP contribution is -2.34. The van der Waals surface area contributed by atoms with Crippen LogP contribution in [0.4, 0.5) is 8.78 Å². The number of nitrogens with zero attached hydrogens (tertiary/aromatic N) is 1. The van der Waals surface area contributed by atoms with Crippen molar-refractivity contribution in [2.45, 2.75) is 18.9 Å². The molecule has 0 heterocycles. The van der Waals surface area contributed by atoms with Gasteiger partial charge in [0.15, 0.2) is 11.6 Å². The van der Waals surface area contributed by atoms with Crippen molar-refractivity contribution in [1.29, 1.82) is 0 Å². The zero-order chi connectivity index (χ0) is 18.9. The fourth-order valence-corrected chi connectivity index (χ4v) is 2.56. The van der Waals surface area contributed by atoms with E-state index in [2.05, 4.69) is 5.32 Å². The lowest BCUT2D eigenvalue weighted by Gasteiger charge is -2.25. The van der Waals surface area contributed by atoms with Crippen molar-refractivity contribution >= 4 is 5.91 Å². The molecule has 0 aliphatic carbocycles. The van der Waals surface area contributed by atoms with Gasteiger partial charge in [0.2, 0.25) is 5.91 Å². The van der Waals surface area contributed by atoms with Gasteiger partial charge in [-0.25, -0.2) is 8.78 Å². The van der Waals surface area contributed by atoms with Crippen LogP contribution >= 0.6 is 0 Å². The standard InChI is InChI=1S/C20H24F2N2O2/c1-24(2)18(15-9-11-16(21)12-10-15)14-23-20(25)8-5-13-26-19-7-4-3-6-17(19)22/h3-4,6-7,9-12,18H,5,8,13-14H2,1-2H3,(H,23,25). The van der Waals surface area contributed by atoms with Gasteiger partial charge < -0.3 is 15.0 Å². The molecular formula is C20H24F2N2O2. The molecule has 0 aromatic heterocycles. The first-order valence-corrected chi connectivity index (χ1v) is 8.53. The monoisotopic (exact) mass is 362 g/mol. The minimum atomic E-state index is -0.412. The van der Waals surface area contributed by atoms with Gasteiger partial charge in [0.1, 0.15) is 5.82 Å². The Kier molecular flexibility index (Phi) is 7.53. The number of halogens is 2. The highest BCUT2D eigenvalue weighted by Crippen LogP contribution is 2.18. The molecule has 1 unspecified atom stereocenters. The zero-order valence-corrected chi connectivity index (χ0v) is 15.0. The summed E-state index contributed by atoms with van der Waals surface area (Å²) in [6.07, 6.45) is 0.779. The molecule has 0 aliphatic rings. The second kappa shape index (κ2) is 9.87. The van der Waals surface area contributed by atoms with Crippen LogP contribution in [0.15, 0.2) is 48.5 Å². The van der Waals surface area contributed by atoms with Crippen LogP contribution in [-0.4, -0.2) is 38.1 Å². The number of nitrogens with one attached hydrogen (secondary N) is 1. The smallest absolute Gasteiger partial charge is 0.220 e. The molecule has 0 fully saturated rings. The SMILES string of the molecule is CN(C)C(CNC(=O)CCCOc1ccccc1F)c1ccc(F)cc1. The van der Waals surface area contributed by atoms with E-state index in [0.717, 1.165) is 5.56 Å². The third-order valence-corrected chi connectivity index (χ3v) is 4.01. The van der Waals surface area contributed by atoms with Crippen molar-refractivity contribution in [2.75, 3.05) is 27.2 Å². The summed E-state index contributed by atoms with van der Waals surface area (Å²) in [5.74, 6) is -0.608. The predicted molar refractivity (Wildman–Crippen MR) is 97.0 cm³/mol. The number of para-hydroxylation sites is 1. The molecule has 0 saturated heterocycles. The number of ether oxygens (including phenoxy) is 1. The van der Waals surface area contributed by atoms with Crippen LogP contribution in [0.2, 0.25) is 0 Å². The van der Waals surface area contributed by atoms with Crippen LogP contribution in [0.3, 0.4) is 0 Å². The Bertz CT molecular complexity index is 705.